The van der Waals surface area contributed by atoms with Gasteiger partial charge in [-0.25, -0.2) is 0 Å². The number of hydrogen-bond acceptors (Lipinski definition) is 2. The van der Waals surface area contributed by atoms with Crippen molar-refractivity contribution in [3.05, 3.63) is 65.5 Å². The lowest BCUT2D eigenvalue weighted by Crippen LogP contribution is -2.24. The standard InChI is InChI=1S/C17H22N2/c1-3-11-19-17(15-9-7-12-18-13-15)16-10-6-5-8-14(16)4-2/h5-10,12-13,17,19H,3-4,11H2,1-2H3. The largest absolute Gasteiger partial charge is 0.306 e. The summed E-state index contributed by atoms with van der Waals surface area (Å²) in [5, 5.41) is 3.64. The van der Waals surface area contributed by atoms with E-state index in [0.29, 0.717) is 0 Å². The van der Waals surface area contributed by atoms with E-state index in [1.165, 1.54) is 16.7 Å². The molecular formula is C17H22N2. The first kappa shape index (κ1) is 13.8. The SMILES string of the molecule is CCCNC(c1cccnc1)c1ccccc1CC. The topological polar surface area (TPSA) is 24.9 Å². The molecule has 1 aromatic carbocycles. The van der Waals surface area contributed by atoms with E-state index in [-0.39, 0.29) is 6.04 Å². The summed E-state index contributed by atoms with van der Waals surface area (Å²) in [5.41, 5.74) is 4.00. The van der Waals surface area contributed by atoms with Crippen molar-refractivity contribution in [3.63, 3.8) is 0 Å². The van der Waals surface area contributed by atoms with Crippen molar-refractivity contribution in [1.82, 2.24) is 10.3 Å². The monoisotopic (exact) mass is 254 g/mol. The lowest BCUT2D eigenvalue weighted by Gasteiger charge is -2.21. The fraction of sp³-hybridized carbons (Fsp3) is 0.353. The van der Waals surface area contributed by atoms with Crippen LogP contribution in [0.15, 0.2) is 48.8 Å². The Bertz CT molecular complexity index is 494. The molecule has 0 aliphatic carbocycles. The summed E-state index contributed by atoms with van der Waals surface area (Å²) < 4.78 is 0. The Morgan fingerprint density at radius 1 is 1.11 bits per heavy atom. The predicted molar refractivity (Wildman–Crippen MR) is 80.2 cm³/mol. The first-order chi connectivity index (χ1) is 9.36. The van der Waals surface area contributed by atoms with Gasteiger partial charge in [-0.05, 0) is 42.1 Å². The first-order valence-corrected chi connectivity index (χ1v) is 7.08. The second-order valence-electron chi connectivity index (χ2n) is 4.73. The van der Waals surface area contributed by atoms with Gasteiger partial charge in [-0.3, -0.25) is 4.98 Å². The molecule has 0 spiro atoms. The van der Waals surface area contributed by atoms with Crippen LogP contribution in [0.5, 0.6) is 0 Å². The molecule has 2 heteroatoms. The third-order valence-corrected chi connectivity index (χ3v) is 3.36. The molecule has 1 aromatic heterocycles. The average Bonchev–Trinajstić information content (AvgIpc) is 2.49. The van der Waals surface area contributed by atoms with Crippen molar-refractivity contribution in [2.24, 2.45) is 0 Å². The normalized spacial score (nSPS) is 12.3. The quantitative estimate of drug-likeness (QED) is 0.849. The molecule has 1 unspecified atom stereocenters. The van der Waals surface area contributed by atoms with E-state index in [1.54, 1.807) is 0 Å². The van der Waals surface area contributed by atoms with E-state index in [2.05, 4.69) is 54.5 Å². The highest BCUT2D eigenvalue weighted by atomic mass is 14.9. The Hall–Kier alpha value is -1.67. The van der Waals surface area contributed by atoms with E-state index in [4.69, 9.17) is 0 Å². The maximum atomic E-state index is 4.25. The summed E-state index contributed by atoms with van der Waals surface area (Å²) in [6.07, 6.45) is 5.97. The van der Waals surface area contributed by atoms with Gasteiger partial charge in [0.05, 0.1) is 6.04 Å². The minimum atomic E-state index is 0.241. The van der Waals surface area contributed by atoms with Crippen LogP contribution in [0.2, 0.25) is 0 Å². The van der Waals surface area contributed by atoms with Crippen molar-refractivity contribution in [1.29, 1.82) is 0 Å². The molecule has 1 N–H and O–H groups in total. The Balaban J connectivity index is 2.37. The molecule has 0 bridgehead atoms. The highest BCUT2D eigenvalue weighted by molar-refractivity contribution is 5.36. The maximum Gasteiger partial charge on any atom is 0.0594 e. The fourth-order valence-electron chi connectivity index (χ4n) is 2.38. The van der Waals surface area contributed by atoms with Gasteiger partial charge in [0.1, 0.15) is 0 Å². The van der Waals surface area contributed by atoms with Crippen LogP contribution in [0.4, 0.5) is 0 Å². The lowest BCUT2D eigenvalue weighted by atomic mass is 9.94. The molecule has 0 fully saturated rings. The number of aromatic nitrogens is 1. The van der Waals surface area contributed by atoms with Gasteiger partial charge in [0.15, 0.2) is 0 Å². The zero-order valence-electron chi connectivity index (χ0n) is 11.8. The van der Waals surface area contributed by atoms with E-state index >= 15 is 0 Å². The van der Waals surface area contributed by atoms with Gasteiger partial charge in [-0.15, -0.1) is 0 Å². The van der Waals surface area contributed by atoms with E-state index in [0.717, 1.165) is 19.4 Å². The average molecular weight is 254 g/mol. The van der Waals surface area contributed by atoms with E-state index < -0.39 is 0 Å². The molecule has 0 saturated heterocycles. The molecule has 1 heterocycles. The molecule has 1 atom stereocenters. The first-order valence-electron chi connectivity index (χ1n) is 7.08. The Kier molecular flexibility index (Phi) is 5.10. The van der Waals surface area contributed by atoms with Crippen LogP contribution in [-0.4, -0.2) is 11.5 Å². The molecule has 19 heavy (non-hydrogen) atoms. The van der Waals surface area contributed by atoms with Crippen molar-refractivity contribution in [2.75, 3.05) is 6.54 Å². The van der Waals surface area contributed by atoms with Gasteiger partial charge in [-0.1, -0.05) is 44.2 Å². The van der Waals surface area contributed by atoms with Crippen molar-refractivity contribution in [2.45, 2.75) is 32.7 Å². The fourth-order valence-corrected chi connectivity index (χ4v) is 2.38. The van der Waals surface area contributed by atoms with Crippen LogP contribution in [0.25, 0.3) is 0 Å². The summed E-state index contributed by atoms with van der Waals surface area (Å²) in [4.78, 5) is 4.25. The Labute approximate surface area is 115 Å². The van der Waals surface area contributed by atoms with Crippen LogP contribution in [0, 0.1) is 0 Å². The number of rotatable bonds is 6. The molecule has 0 radical (unpaired) electrons. The third kappa shape index (κ3) is 3.42. The smallest absolute Gasteiger partial charge is 0.0594 e. The highest BCUT2D eigenvalue weighted by Crippen LogP contribution is 2.25. The summed E-state index contributed by atoms with van der Waals surface area (Å²) in [5.74, 6) is 0. The number of nitrogens with one attached hydrogen (secondary N) is 1. The van der Waals surface area contributed by atoms with Crippen LogP contribution in [0.3, 0.4) is 0 Å². The number of pyridine rings is 1. The minimum absolute atomic E-state index is 0.241. The molecule has 0 saturated carbocycles. The lowest BCUT2D eigenvalue weighted by molar-refractivity contribution is 0.593. The van der Waals surface area contributed by atoms with Gasteiger partial charge < -0.3 is 5.32 Å². The molecule has 0 aliphatic rings. The second-order valence-corrected chi connectivity index (χ2v) is 4.73. The van der Waals surface area contributed by atoms with Crippen molar-refractivity contribution in [3.8, 4) is 0 Å². The highest BCUT2D eigenvalue weighted by Gasteiger charge is 2.15. The molecule has 2 rings (SSSR count). The van der Waals surface area contributed by atoms with E-state index in [9.17, 15) is 0 Å². The zero-order valence-corrected chi connectivity index (χ0v) is 11.8. The van der Waals surface area contributed by atoms with Crippen LogP contribution >= 0.6 is 0 Å². The number of hydrogen-bond donors (Lipinski definition) is 1. The Morgan fingerprint density at radius 3 is 2.63 bits per heavy atom. The number of aryl methyl sites for hydroxylation is 1. The van der Waals surface area contributed by atoms with Gasteiger partial charge in [0.2, 0.25) is 0 Å². The summed E-state index contributed by atoms with van der Waals surface area (Å²) >= 11 is 0. The number of benzene rings is 1. The maximum absolute atomic E-state index is 4.25. The van der Waals surface area contributed by atoms with Crippen LogP contribution in [0.1, 0.15) is 43.0 Å². The van der Waals surface area contributed by atoms with Gasteiger partial charge in [0, 0.05) is 12.4 Å². The molecule has 2 aromatic rings. The van der Waals surface area contributed by atoms with E-state index in [1.807, 2.05) is 18.5 Å². The summed E-state index contributed by atoms with van der Waals surface area (Å²) in [7, 11) is 0. The molecule has 0 aliphatic heterocycles. The summed E-state index contributed by atoms with van der Waals surface area (Å²) in [6, 6.07) is 13.1. The molecular weight excluding hydrogens is 232 g/mol. The number of nitrogens with zero attached hydrogens (tertiary/aromatic N) is 1. The second kappa shape index (κ2) is 7.05. The van der Waals surface area contributed by atoms with Crippen LogP contribution in [-0.2, 0) is 6.42 Å². The summed E-state index contributed by atoms with van der Waals surface area (Å²) in [6.45, 7) is 5.41. The minimum Gasteiger partial charge on any atom is -0.306 e. The third-order valence-electron chi connectivity index (χ3n) is 3.36. The van der Waals surface area contributed by atoms with Gasteiger partial charge >= 0.3 is 0 Å². The molecule has 0 amide bonds. The Morgan fingerprint density at radius 2 is 1.95 bits per heavy atom. The van der Waals surface area contributed by atoms with Gasteiger partial charge in [-0.2, -0.15) is 0 Å². The van der Waals surface area contributed by atoms with Crippen molar-refractivity contribution < 1.29 is 0 Å². The van der Waals surface area contributed by atoms with Crippen LogP contribution < -0.4 is 5.32 Å². The van der Waals surface area contributed by atoms with Gasteiger partial charge in [0.25, 0.3) is 0 Å². The molecule has 100 valence electrons. The zero-order chi connectivity index (χ0) is 13.5. The predicted octanol–water partition coefficient (Wildman–Crippen LogP) is 3.73. The molecule has 2 nitrogen and oxygen atoms in total. The van der Waals surface area contributed by atoms with Crippen molar-refractivity contribution >= 4 is 0 Å².